The highest BCUT2D eigenvalue weighted by atomic mass is 16.6. The molecule has 0 aromatic heterocycles. The third-order valence-corrected chi connectivity index (χ3v) is 2.66. The molecule has 0 bridgehead atoms. The summed E-state index contributed by atoms with van der Waals surface area (Å²) in [5.41, 5.74) is 3.93. The molecule has 0 atom stereocenters. The van der Waals surface area contributed by atoms with Gasteiger partial charge in [0.15, 0.2) is 0 Å². The van der Waals surface area contributed by atoms with Gasteiger partial charge in [0, 0.05) is 6.42 Å². The molecule has 0 saturated heterocycles. The number of nitrogens with zero attached hydrogens (tertiary/aromatic N) is 1. The van der Waals surface area contributed by atoms with Gasteiger partial charge in [-0.1, -0.05) is 43.0 Å². The predicted molar refractivity (Wildman–Crippen MR) is 85.7 cm³/mol. The van der Waals surface area contributed by atoms with Gasteiger partial charge in [-0.2, -0.15) is 0 Å². The second-order valence-electron chi connectivity index (χ2n) is 5.67. The van der Waals surface area contributed by atoms with E-state index in [1.807, 2.05) is 51.1 Å². The van der Waals surface area contributed by atoms with E-state index >= 15 is 0 Å². The fraction of sp³-hybridized carbons (Fsp3) is 0.333. The summed E-state index contributed by atoms with van der Waals surface area (Å²) in [6.07, 6.45) is 1.82. The van der Waals surface area contributed by atoms with Crippen LogP contribution in [0.2, 0.25) is 0 Å². The van der Waals surface area contributed by atoms with E-state index in [4.69, 9.17) is 4.74 Å². The van der Waals surface area contributed by atoms with Crippen molar-refractivity contribution < 1.29 is 9.53 Å². The van der Waals surface area contributed by atoms with Gasteiger partial charge in [0.1, 0.15) is 5.60 Å². The zero-order valence-corrected chi connectivity index (χ0v) is 13.1. The molecule has 0 heterocycles. The van der Waals surface area contributed by atoms with Gasteiger partial charge in [0.2, 0.25) is 0 Å². The minimum atomic E-state index is -0.549. The molecule has 112 valence electrons. The summed E-state index contributed by atoms with van der Waals surface area (Å²) in [6.45, 7) is 13.3. The lowest BCUT2D eigenvalue weighted by Gasteiger charge is -2.28. The van der Waals surface area contributed by atoms with Crippen molar-refractivity contribution in [3.05, 3.63) is 66.6 Å². The molecule has 1 rings (SSSR count). The Kier molecular flexibility index (Phi) is 6.01. The molecule has 1 aromatic carbocycles. The van der Waals surface area contributed by atoms with Gasteiger partial charge >= 0.3 is 6.09 Å². The number of rotatable bonds is 5. The molecule has 3 nitrogen and oxygen atoms in total. The first kappa shape index (κ1) is 16.8. The minimum absolute atomic E-state index is 0.403. The van der Waals surface area contributed by atoms with Gasteiger partial charge in [-0.05, 0) is 26.3 Å². The van der Waals surface area contributed by atoms with Crippen LogP contribution in [0.3, 0.4) is 0 Å². The summed E-state index contributed by atoms with van der Waals surface area (Å²) in [5.74, 6) is 0. The van der Waals surface area contributed by atoms with Crippen LogP contribution in [0.5, 0.6) is 0 Å². The van der Waals surface area contributed by atoms with Crippen molar-refractivity contribution in [2.24, 2.45) is 0 Å². The second-order valence-corrected chi connectivity index (χ2v) is 5.67. The SMILES string of the molecule is C=C=C(CC=C)N(Cc1ccccc1)C(=O)OC(C)(C)C. The van der Waals surface area contributed by atoms with Crippen LogP contribution in [0, 0.1) is 0 Å². The van der Waals surface area contributed by atoms with E-state index in [0.29, 0.717) is 18.7 Å². The van der Waals surface area contributed by atoms with Crippen molar-refractivity contribution in [1.82, 2.24) is 4.90 Å². The van der Waals surface area contributed by atoms with Crippen LogP contribution in [0.15, 0.2) is 61.0 Å². The Labute approximate surface area is 127 Å². The fourth-order valence-electron chi connectivity index (χ4n) is 1.77. The fourth-order valence-corrected chi connectivity index (χ4v) is 1.77. The summed E-state index contributed by atoms with van der Waals surface area (Å²) >= 11 is 0. The van der Waals surface area contributed by atoms with E-state index in [2.05, 4.69) is 18.9 Å². The van der Waals surface area contributed by atoms with Crippen molar-refractivity contribution in [3.63, 3.8) is 0 Å². The molecule has 0 aliphatic carbocycles. The second kappa shape index (κ2) is 7.51. The van der Waals surface area contributed by atoms with Gasteiger partial charge < -0.3 is 4.74 Å². The maximum Gasteiger partial charge on any atom is 0.415 e. The molecule has 0 aliphatic rings. The van der Waals surface area contributed by atoms with E-state index in [1.165, 1.54) is 0 Å². The van der Waals surface area contributed by atoms with Crippen LogP contribution in [0.4, 0.5) is 4.79 Å². The van der Waals surface area contributed by atoms with Crippen LogP contribution in [0.25, 0.3) is 0 Å². The number of amides is 1. The molecule has 1 aromatic rings. The summed E-state index contributed by atoms with van der Waals surface area (Å²) in [4.78, 5) is 14.0. The third-order valence-electron chi connectivity index (χ3n) is 2.66. The summed E-state index contributed by atoms with van der Waals surface area (Å²) < 4.78 is 5.47. The first-order valence-electron chi connectivity index (χ1n) is 6.91. The number of allylic oxidation sites excluding steroid dienone is 1. The van der Waals surface area contributed by atoms with Gasteiger partial charge in [0.05, 0.1) is 12.2 Å². The van der Waals surface area contributed by atoms with Gasteiger partial charge in [-0.15, -0.1) is 12.3 Å². The Bertz CT molecular complexity index is 534. The van der Waals surface area contributed by atoms with E-state index in [1.54, 1.807) is 11.0 Å². The maximum absolute atomic E-state index is 12.4. The highest BCUT2D eigenvalue weighted by Crippen LogP contribution is 2.18. The number of carbonyl (C=O) groups is 1. The topological polar surface area (TPSA) is 29.5 Å². The Morgan fingerprint density at radius 3 is 2.43 bits per heavy atom. The lowest BCUT2D eigenvalue weighted by Crippen LogP contribution is -2.35. The number of benzene rings is 1. The summed E-state index contributed by atoms with van der Waals surface area (Å²) in [7, 11) is 0. The predicted octanol–water partition coefficient (Wildman–Crippen LogP) is 4.67. The number of hydrogen-bond acceptors (Lipinski definition) is 2. The zero-order valence-electron chi connectivity index (χ0n) is 13.1. The molecule has 0 radical (unpaired) electrons. The molecular formula is C18H23NO2. The normalized spacial score (nSPS) is 10.4. The molecule has 0 spiro atoms. The zero-order chi connectivity index (χ0) is 15.9. The number of hydrogen-bond donors (Lipinski definition) is 0. The van der Waals surface area contributed by atoms with Gasteiger partial charge in [0.25, 0.3) is 0 Å². The molecular weight excluding hydrogens is 262 g/mol. The molecule has 0 fully saturated rings. The van der Waals surface area contributed by atoms with Crippen molar-refractivity contribution in [1.29, 1.82) is 0 Å². The lowest BCUT2D eigenvalue weighted by molar-refractivity contribution is 0.0297. The van der Waals surface area contributed by atoms with Crippen LogP contribution in [-0.2, 0) is 11.3 Å². The minimum Gasteiger partial charge on any atom is -0.443 e. The van der Waals surface area contributed by atoms with Crippen molar-refractivity contribution in [2.45, 2.75) is 39.3 Å². The molecule has 0 unspecified atom stereocenters. The van der Waals surface area contributed by atoms with Crippen LogP contribution >= 0.6 is 0 Å². The van der Waals surface area contributed by atoms with Crippen molar-refractivity contribution >= 4 is 6.09 Å². The quantitative estimate of drug-likeness (QED) is 0.581. The Hall–Kier alpha value is -2.25. The van der Waals surface area contributed by atoms with Gasteiger partial charge in [-0.3, -0.25) is 4.90 Å². The Morgan fingerprint density at radius 2 is 1.95 bits per heavy atom. The van der Waals surface area contributed by atoms with Crippen LogP contribution in [-0.4, -0.2) is 16.6 Å². The van der Waals surface area contributed by atoms with E-state index in [-0.39, 0.29) is 0 Å². The van der Waals surface area contributed by atoms with Crippen molar-refractivity contribution in [3.8, 4) is 0 Å². The van der Waals surface area contributed by atoms with Crippen molar-refractivity contribution in [2.75, 3.05) is 0 Å². The Morgan fingerprint density at radius 1 is 1.33 bits per heavy atom. The number of ether oxygens (including phenoxy) is 1. The third kappa shape index (κ3) is 5.72. The largest absolute Gasteiger partial charge is 0.443 e. The van der Waals surface area contributed by atoms with E-state index in [0.717, 1.165) is 5.56 Å². The summed E-state index contributed by atoms with van der Waals surface area (Å²) in [6, 6.07) is 9.74. The summed E-state index contributed by atoms with van der Waals surface area (Å²) in [5, 5.41) is 0. The molecule has 21 heavy (non-hydrogen) atoms. The van der Waals surface area contributed by atoms with Crippen LogP contribution < -0.4 is 0 Å². The number of carbonyl (C=O) groups excluding carboxylic acids is 1. The molecule has 3 heteroatoms. The molecule has 1 amide bonds. The highest BCUT2D eigenvalue weighted by Gasteiger charge is 2.24. The van der Waals surface area contributed by atoms with E-state index < -0.39 is 11.7 Å². The first-order chi connectivity index (χ1) is 9.87. The van der Waals surface area contributed by atoms with Crippen LogP contribution in [0.1, 0.15) is 32.8 Å². The van der Waals surface area contributed by atoms with E-state index in [9.17, 15) is 4.79 Å². The van der Waals surface area contributed by atoms with Gasteiger partial charge in [-0.25, -0.2) is 4.79 Å². The average molecular weight is 285 g/mol. The monoisotopic (exact) mass is 285 g/mol. The maximum atomic E-state index is 12.4. The first-order valence-corrected chi connectivity index (χ1v) is 6.91. The Balaban J connectivity index is 3.02. The smallest absolute Gasteiger partial charge is 0.415 e. The average Bonchev–Trinajstić information content (AvgIpc) is 2.42. The lowest BCUT2D eigenvalue weighted by atomic mass is 10.2. The molecule has 0 N–H and O–H groups in total. The molecule has 0 aliphatic heterocycles. The highest BCUT2D eigenvalue weighted by molar-refractivity contribution is 5.70. The molecule has 0 saturated carbocycles. The standard InChI is InChI=1S/C18H23NO2/c1-6-11-16(7-2)19(17(20)21-18(3,4)5)14-15-12-9-8-10-13-15/h6,8-10,12-13H,1-2,11,14H2,3-5H3.